The third-order valence-corrected chi connectivity index (χ3v) is 4.63. The molecular formula is C12H22N2OS. The zero-order valence-electron chi connectivity index (χ0n) is 10.2. The van der Waals surface area contributed by atoms with Gasteiger partial charge in [-0.25, -0.2) is 0 Å². The largest absolute Gasteiger partial charge is 0.338 e. The monoisotopic (exact) mass is 242 g/mol. The van der Waals surface area contributed by atoms with Crippen molar-refractivity contribution in [1.82, 2.24) is 10.2 Å². The number of carbonyl (C=O) groups excluding carboxylic acids is 1. The fraction of sp³-hybridized carbons (Fsp3) is 0.917. The second kappa shape index (κ2) is 5.41. The number of hydrogen-bond donors (Lipinski definition) is 1. The minimum atomic E-state index is 0.0677. The van der Waals surface area contributed by atoms with Crippen molar-refractivity contribution in [2.24, 2.45) is 5.92 Å². The molecule has 2 heterocycles. The second-order valence-electron chi connectivity index (χ2n) is 5.07. The van der Waals surface area contributed by atoms with Crippen molar-refractivity contribution < 1.29 is 4.79 Å². The lowest BCUT2D eigenvalue weighted by molar-refractivity contribution is -0.134. The van der Waals surface area contributed by atoms with Crippen LogP contribution < -0.4 is 5.32 Å². The Bertz CT molecular complexity index is 251. The Labute approximate surface area is 102 Å². The van der Waals surface area contributed by atoms with Crippen LogP contribution in [0.3, 0.4) is 0 Å². The lowest BCUT2D eigenvalue weighted by atomic mass is 10.0. The molecule has 2 unspecified atom stereocenters. The normalized spacial score (nSPS) is 31.1. The Morgan fingerprint density at radius 2 is 2.31 bits per heavy atom. The van der Waals surface area contributed by atoms with Crippen LogP contribution in [-0.2, 0) is 4.79 Å². The molecule has 0 aromatic heterocycles. The SMILES string of the molecule is CC(C)C1CCCN1C(=O)C1CSCCN1. The average Bonchev–Trinajstić information content (AvgIpc) is 2.78. The molecule has 0 bridgehead atoms. The van der Waals surface area contributed by atoms with Crippen molar-refractivity contribution in [1.29, 1.82) is 0 Å². The van der Waals surface area contributed by atoms with E-state index in [4.69, 9.17) is 0 Å². The highest BCUT2D eigenvalue weighted by Gasteiger charge is 2.34. The van der Waals surface area contributed by atoms with E-state index in [9.17, 15) is 4.79 Å². The Hall–Kier alpha value is -0.220. The third-order valence-electron chi connectivity index (χ3n) is 3.57. The van der Waals surface area contributed by atoms with Gasteiger partial charge in [-0.3, -0.25) is 4.79 Å². The number of nitrogens with one attached hydrogen (secondary N) is 1. The molecule has 2 rings (SSSR count). The molecule has 2 aliphatic rings. The van der Waals surface area contributed by atoms with E-state index in [1.54, 1.807) is 0 Å². The van der Waals surface area contributed by atoms with Crippen LogP contribution in [0, 0.1) is 5.92 Å². The average molecular weight is 242 g/mol. The lowest BCUT2D eigenvalue weighted by Gasteiger charge is -2.32. The maximum absolute atomic E-state index is 12.4. The second-order valence-corrected chi connectivity index (χ2v) is 6.22. The van der Waals surface area contributed by atoms with Gasteiger partial charge in [0.2, 0.25) is 5.91 Å². The highest BCUT2D eigenvalue weighted by molar-refractivity contribution is 7.99. The molecule has 2 fully saturated rings. The Balaban J connectivity index is 1.97. The first-order valence-corrected chi connectivity index (χ1v) is 7.47. The molecular weight excluding hydrogens is 220 g/mol. The van der Waals surface area contributed by atoms with Crippen LogP contribution in [0.5, 0.6) is 0 Å². The summed E-state index contributed by atoms with van der Waals surface area (Å²) in [6.45, 7) is 6.38. The number of rotatable bonds is 2. The van der Waals surface area contributed by atoms with Crippen molar-refractivity contribution in [2.75, 3.05) is 24.6 Å². The van der Waals surface area contributed by atoms with Gasteiger partial charge in [0.1, 0.15) is 0 Å². The number of hydrogen-bond acceptors (Lipinski definition) is 3. The topological polar surface area (TPSA) is 32.3 Å². The molecule has 1 amide bonds. The van der Waals surface area contributed by atoms with E-state index in [0.717, 1.165) is 24.6 Å². The van der Waals surface area contributed by atoms with Gasteiger partial charge in [0.25, 0.3) is 0 Å². The predicted octanol–water partition coefficient (Wildman–Crippen LogP) is 1.34. The molecule has 92 valence electrons. The summed E-state index contributed by atoms with van der Waals surface area (Å²) in [4.78, 5) is 14.5. The van der Waals surface area contributed by atoms with Gasteiger partial charge in [-0.05, 0) is 18.8 Å². The van der Waals surface area contributed by atoms with Crippen LogP contribution in [-0.4, -0.2) is 47.5 Å². The summed E-state index contributed by atoms with van der Waals surface area (Å²) in [5.74, 6) is 3.00. The zero-order chi connectivity index (χ0) is 11.5. The van der Waals surface area contributed by atoms with Crippen LogP contribution in [0.15, 0.2) is 0 Å². The molecule has 2 aliphatic heterocycles. The fourth-order valence-corrected chi connectivity index (χ4v) is 3.61. The number of nitrogens with zero attached hydrogens (tertiary/aromatic N) is 1. The van der Waals surface area contributed by atoms with E-state index < -0.39 is 0 Å². The van der Waals surface area contributed by atoms with Gasteiger partial charge in [0.05, 0.1) is 6.04 Å². The lowest BCUT2D eigenvalue weighted by Crippen LogP contribution is -2.52. The quantitative estimate of drug-likeness (QED) is 0.793. The van der Waals surface area contributed by atoms with Crippen molar-refractivity contribution >= 4 is 17.7 Å². The van der Waals surface area contributed by atoms with Gasteiger partial charge in [0, 0.05) is 30.6 Å². The Morgan fingerprint density at radius 3 is 2.94 bits per heavy atom. The van der Waals surface area contributed by atoms with Crippen molar-refractivity contribution in [3.8, 4) is 0 Å². The summed E-state index contributed by atoms with van der Waals surface area (Å²) < 4.78 is 0. The standard InChI is InChI=1S/C12H22N2OS/c1-9(2)11-4-3-6-14(11)12(15)10-8-16-7-5-13-10/h9-11,13H,3-8H2,1-2H3. The summed E-state index contributed by atoms with van der Waals surface area (Å²) in [5, 5.41) is 3.34. The molecule has 3 nitrogen and oxygen atoms in total. The summed E-state index contributed by atoms with van der Waals surface area (Å²) >= 11 is 1.89. The first-order chi connectivity index (χ1) is 7.70. The van der Waals surface area contributed by atoms with Crippen molar-refractivity contribution in [3.63, 3.8) is 0 Å². The Kier molecular flexibility index (Phi) is 4.14. The van der Waals surface area contributed by atoms with E-state index in [1.807, 2.05) is 11.8 Å². The van der Waals surface area contributed by atoms with Gasteiger partial charge >= 0.3 is 0 Å². The maximum Gasteiger partial charge on any atom is 0.240 e. The highest BCUT2D eigenvalue weighted by atomic mass is 32.2. The van der Waals surface area contributed by atoms with E-state index in [1.165, 1.54) is 12.8 Å². The first-order valence-electron chi connectivity index (χ1n) is 6.31. The molecule has 0 radical (unpaired) electrons. The minimum absolute atomic E-state index is 0.0677. The molecule has 2 saturated heterocycles. The zero-order valence-corrected chi connectivity index (χ0v) is 11.1. The van der Waals surface area contributed by atoms with Crippen molar-refractivity contribution in [3.05, 3.63) is 0 Å². The van der Waals surface area contributed by atoms with Crippen LogP contribution in [0.25, 0.3) is 0 Å². The molecule has 1 N–H and O–H groups in total. The van der Waals surface area contributed by atoms with Crippen LogP contribution in [0.2, 0.25) is 0 Å². The van der Waals surface area contributed by atoms with Crippen LogP contribution in [0.4, 0.5) is 0 Å². The fourth-order valence-electron chi connectivity index (χ4n) is 2.68. The molecule has 0 spiro atoms. The summed E-state index contributed by atoms with van der Waals surface area (Å²) in [6.07, 6.45) is 2.36. The van der Waals surface area contributed by atoms with Gasteiger partial charge in [0.15, 0.2) is 0 Å². The van der Waals surface area contributed by atoms with E-state index >= 15 is 0 Å². The number of thioether (sulfide) groups is 1. The number of likely N-dealkylation sites (tertiary alicyclic amines) is 1. The third kappa shape index (κ3) is 2.54. The predicted molar refractivity (Wildman–Crippen MR) is 68.7 cm³/mol. The molecule has 4 heteroatoms. The molecule has 0 aliphatic carbocycles. The van der Waals surface area contributed by atoms with E-state index in [2.05, 4.69) is 24.1 Å². The van der Waals surface area contributed by atoms with E-state index in [-0.39, 0.29) is 6.04 Å². The first kappa shape index (κ1) is 12.2. The summed E-state index contributed by atoms with van der Waals surface area (Å²) in [5.41, 5.74) is 0. The number of amides is 1. The summed E-state index contributed by atoms with van der Waals surface area (Å²) in [6, 6.07) is 0.541. The van der Waals surface area contributed by atoms with Gasteiger partial charge in [-0.15, -0.1) is 0 Å². The van der Waals surface area contributed by atoms with Crippen LogP contribution in [0.1, 0.15) is 26.7 Å². The summed E-state index contributed by atoms with van der Waals surface area (Å²) in [7, 11) is 0. The molecule has 0 saturated carbocycles. The van der Waals surface area contributed by atoms with Crippen LogP contribution >= 0.6 is 11.8 Å². The molecule has 0 aromatic carbocycles. The molecule has 0 aromatic rings. The smallest absolute Gasteiger partial charge is 0.240 e. The number of carbonyl (C=O) groups is 1. The Morgan fingerprint density at radius 1 is 1.50 bits per heavy atom. The highest BCUT2D eigenvalue weighted by Crippen LogP contribution is 2.25. The van der Waals surface area contributed by atoms with Gasteiger partial charge in [-0.2, -0.15) is 11.8 Å². The van der Waals surface area contributed by atoms with Gasteiger partial charge in [-0.1, -0.05) is 13.8 Å². The van der Waals surface area contributed by atoms with E-state index in [0.29, 0.717) is 17.9 Å². The van der Waals surface area contributed by atoms with Crippen molar-refractivity contribution in [2.45, 2.75) is 38.8 Å². The molecule has 2 atom stereocenters. The maximum atomic E-state index is 12.4. The van der Waals surface area contributed by atoms with Gasteiger partial charge < -0.3 is 10.2 Å². The molecule has 16 heavy (non-hydrogen) atoms. The minimum Gasteiger partial charge on any atom is -0.338 e.